The molecule has 1 aliphatic rings. The van der Waals surface area contributed by atoms with Crippen LogP contribution in [0.5, 0.6) is 5.75 Å². The van der Waals surface area contributed by atoms with Crippen molar-refractivity contribution >= 4 is 34.4 Å². The van der Waals surface area contributed by atoms with Crippen molar-refractivity contribution in [3.8, 4) is 5.75 Å². The van der Waals surface area contributed by atoms with Gasteiger partial charge in [-0.3, -0.25) is 0 Å². The summed E-state index contributed by atoms with van der Waals surface area (Å²) >= 11 is 7.46. The number of hydrogen-bond acceptors (Lipinski definition) is 3. The molecule has 0 saturated heterocycles. The molecule has 0 spiro atoms. The maximum Gasteiger partial charge on any atom is 0.173 e. The van der Waals surface area contributed by atoms with Crippen molar-refractivity contribution in [2.24, 2.45) is 0 Å². The highest BCUT2D eigenvalue weighted by atomic mass is 32.1. The van der Waals surface area contributed by atoms with Crippen LogP contribution in [0.4, 0.5) is 5.69 Å². The summed E-state index contributed by atoms with van der Waals surface area (Å²) in [6, 6.07) is 10.5. The molecule has 1 aliphatic heterocycles. The zero-order valence-corrected chi connectivity index (χ0v) is 14.5. The minimum atomic E-state index is 0.331. The first-order valence-electron chi connectivity index (χ1n) is 7.55. The Bertz CT molecular complexity index is 651. The van der Waals surface area contributed by atoms with E-state index in [4.69, 9.17) is 17.0 Å². The van der Waals surface area contributed by atoms with Crippen molar-refractivity contribution in [1.82, 2.24) is 4.90 Å². The van der Waals surface area contributed by atoms with E-state index in [1.165, 1.54) is 10.4 Å². The molecule has 2 aromatic rings. The second-order valence-corrected chi connectivity index (χ2v) is 6.69. The lowest BCUT2D eigenvalue weighted by Gasteiger charge is -2.35. The van der Waals surface area contributed by atoms with E-state index in [1.54, 1.807) is 0 Å². The van der Waals surface area contributed by atoms with Crippen molar-refractivity contribution in [3.05, 3.63) is 46.2 Å². The van der Waals surface area contributed by atoms with Crippen LogP contribution < -0.4 is 10.1 Å². The van der Waals surface area contributed by atoms with E-state index in [1.807, 2.05) is 42.5 Å². The smallest absolute Gasteiger partial charge is 0.173 e. The van der Waals surface area contributed by atoms with Gasteiger partial charge in [0.1, 0.15) is 5.75 Å². The van der Waals surface area contributed by atoms with Gasteiger partial charge in [-0.05, 0) is 73.8 Å². The van der Waals surface area contributed by atoms with E-state index in [9.17, 15) is 0 Å². The van der Waals surface area contributed by atoms with Crippen molar-refractivity contribution in [2.45, 2.75) is 26.3 Å². The summed E-state index contributed by atoms with van der Waals surface area (Å²) in [5, 5.41) is 6.30. The SMILES string of the molecule is CCOc1ccc(NC(=S)N2CCc3sccc3[C@@H]2C)cc1. The average molecular weight is 332 g/mol. The Labute approximate surface area is 140 Å². The Morgan fingerprint density at radius 1 is 1.36 bits per heavy atom. The van der Waals surface area contributed by atoms with E-state index in [-0.39, 0.29) is 0 Å². The lowest BCUT2D eigenvalue weighted by molar-refractivity contribution is 0.326. The number of benzene rings is 1. The van der Waals surface area contributed by atoms with Gasteiger partial charge in [-0.2, -0.15) is 0 Å². The zero-order valence-electron chi connectivity index (χ0n) is 12.8. The summed E-state index contributed by atoms with van der Waals surface area (Å²) in [5.41, 5.74) is 2.41. The Balaban J connectivity index is 1.67. The highest BCUT2D eigenvalue weighted by Crippen LogP contribution is 2.33. The van der Waals surface area contributed by atoms with Crippen LogP contribution in [0.25, 0.3) is 0 Å². The van der Waals surface area contributed by atoms with E-state index in [0.717, 1.165) is 29.5 Å². The fraction of sp³-hybridized carbons (Fsp3) is 0.353. The van der Waals surface area contributed by atoms with Crippen LogP contribution in [0.3, 0.4) is 0 Å². The third kappa shape index (κ3) is 3.10. The molecule has 0 aliphatic carbocycles. The molecule has 5 heteroatoms. The maximum absolute atomic E-state index is 5.61. The van der Waals surface area contributed by atoms with E-state index >= 15 is 0 Å². The van der Waals surface area contributed by atoms with Crippen molar-refractivity contribution in [2.75, 3.05) is 18.5 Å². The van der Waals surface area contributed by atoms with Crippen LogP contribution in [0.1, 0.15) is 30.3 Å². The Morgan fingerprint density at radius 2 is 2.14 bits per heavy atom. The van der Waals surface area contributed by atoms with E-state index < -0.39 is 0 Å². The minimum absolute atomic E-state index is 0.331. The maximum atomic E-state index is 5.61. The highest BCUT2D eigenvalue weighted by Gasteiger charge is 2.26. The van der Waals surface area contributed by atoms with Crippen LogP contribution in [-0.2, 0) is 6.42 Å². The summed E-state index contributed by atoms with van der Waals surface area (Å²) in [7, 11) is 0. The number of nitrogens with one attached hydrogen (secondary N) is 1. The predicted molar refractivity (Wildman–Crippen MR) is 97.0 cm³/mol. The standard InChI is InChI=1S/C17H20N2OS2/c1-3-20-14-6-4-13(5-7-14)18-17(21)19-10-8-16-15(12(19)2)9-11-22-16/h4-7,9,11-12H,3,8,10H2,1-2H3,(H,18,21)/t12-/m0/s1. The molecule has 22 heavy (non-hydrogen) atoms. The number of fused-ring (bicyclic) bond motifs is 1. The zero-order chi connectivity index (χ0) is 15.5. The minimum Gasteiger partial charge on any atom is -0.494 e. The molecule has 116 valence electrons. The Morgan fingerprint density at radius 3 is 2.86 bits per heavy atom. The number of anilines is 1. The molecular weight excluding hydrogens is 312 g/mol. The van der Waals surface area contributed by atoms with Gasteiger partial charge in [0.2, 0.25) is 0 Å². The first-order valence-corrected chi connectivity index (χ1v) is 8.84. The fourth-order valence-corrected chi connectivity index (χ4v) is 4.11. The second kappa shape index (κ2) is 6.67. The Kier molecular flexibility index (Phi) is 4.64. The molecule has 3 rings (SSSR count). The van der Waals surface area contributed by atoms with Gasteiger partial charge in [-0.15, -0.1) is 11.3 Å². The lowest BCUT2D eigenvalue weighted by atomic mass is 10.0. The van der Waals surface area contributed by atoms with Crippen molar-refractivity contribution in [1.29, 1.82) is 0 Å². The monoisotopic (exact) mass is 332 g/mol. The molecule has 0 fully saturated rings. The van der Waals surface area contributed by atoms with Crippen LogP contribution >= 0.6 is 23.6 Å². The number of thiophene rings is 1. The number of hydrogen-bond donors (Lipinski definition) is 1. The van der Waals surface area contributed by atoms with Gasteiger partial charge in [0.25, 0.3) is 0 Å². The van der Waals surface area contributed by atoms with Gasteiger partial charge in [0.15, 0.2) is 5.11 Å². The molecule has 1 N–H and O–H groups in total. The molecule has 2 heterocycles. The van der Waals surface area contributed by atoms with Gasteiger partial charge in [0, 0.05) is 17.1 Å². The van der Waals surface area contributed by atoms with Gasteiger partial charge < -0.3 is 15.0 Å². The molecule has 1 aromatic heterocycles. The average Bonchev–Trinajstić information content (AvgIpc) is 2.99. The van der Waals surface area contributed by atoms with Crippen LogP contribution in [-0.4, -0.2) is 23.2 Å². The predicted octanol–water partition coefficient (Wildman–Crippen LogP) is 4.46. The first-order chi connectivity index (χ1) is 10.7. The summed E-state index contributed by atoms with van der Waals surface area (Å²) in [5.74, 6) is 0.883. The van der Waals surface area contributed by atoms with E-state index in [0.29, 0.717) is 12.6 Å². The molecule has 0 saturated carbocycles. The summed E-state index contributed by atoms with van der Waals surface area (Å²) in [4.78, 5) is 3.76. The summed E-state index contributed by atoms with van der Waals surface area (Å²) in [6.07, 6.45) is 1.07. The molecule has 0 bridgehead atoms. The third-order valence-electron chi connectivity index (χ3n) is 3.95. The molecule has 0 radical (unpaired) electrons. The third-order valence-corrected chi connectivity index (χ3v) is 5.29. The van der Waals surface area contributed by atoms with Crippen molar-refractivity contribution < 1.29 is 4.74 Å². The highest BCUT2D eigenvalue weighted by molar-refractivity contribution is 7.80. The fourth-order valence-electron chi connectivity index (χ4n) is 2.78. The summed E-state index contributed by atoms with van der Waals surface area (Å²) in [6.45, 7) is 5.85. The van der Waals surface area contributed by atoms with E-state index in [2.05, 4.69) is 28.6 Å². The van der Waals surface area contributed by atoms with Gasteiger partial charge in [-0.25, -0.2) is 0 Å². The quantitative estimate of drug-likeness (QED) is 0.839. The number of ether oxygens (including phenoxy) is 1. The number of nitrogens with zero attached hydrogens (tertiary/aromatic N) is 1. The lowest BCUT2D eigenvalue weighted by Crippen LogP contribution is -2.40. The molecule has 3 nitrogen and oxygen atoms in total. The molecular formula is C17H20N2OS2. The van der Waals surface area contributed by atoms with Gasteiger partial charge >= 0.3 is 0 Å². The van der Waals surface area contributed by atoms with Crippen LogP contribution in [0.2, 0.25) is 0 Å². The molecule has 1 atom stereocenters. The van der Waals surface area contributed by atoms with Gasteiger partial charge in [0.05, 0.1) is 12.6 Å². The Hall–Kier alpha value is -1.59. The molecule has 0 amide bonds. The normalized spacial score (nSPS) is 17.0. The topological polar surface area (TPSA) is 24.5 Å². The van der Waals surface area contributed by atoms with Crippen LogP contribution in [0, 0.1) is 0 Å². The second-order valence-electron chi connectivity index (χ2n) is 5.31. The number of thiocarbonyl (C=S) groups is 1. The molecule has 0 unspecified atom stereocenters. The van der Waals surface area contributed by atoms with Crippen LogP contribution in [0.15, 0.2) is 35.7 Å². The first kappa shape index (κ1) is 15.3. The number of rotatable bonds is 3. The molecule has 1 aromatic carbocycles. The summed E-state index contributed by atoms with van der Waals surface area (Å²) < 4.78 is 5.46. The van der Waals surface area contributed by atoms with Gasteiger partial charge in [-0.1, -0.05) is 0 Å². The van der Waals surface area contributed by atoms with Crippen molar-refractivity contribution in [3.63, 3.8) is 0 Å². The largest absolute Gasteiger partial charge is 0.494 e.